The van der Waals surface area contributed by atoms with Crippen LogP contribution in [-0.4, -0.2) is 22.5 Å². The molecule has 0 saturated heterocycles. The molecule has 1 atom stereocenters. The van der Waals surface area contributed by atoms with Crippen LogP contribution in [0.5, 0.6) is 0 Å². The Labute approximate surface area is 138 Å². The fourth-order valence-electron chi connectivity index (χ4n) is 2.76. The zero-order chi connectivity index (χ0) is 16.6. The molecule has 0 fully saturated rings. The second kappa shape index (κ2) is 6.04. The SMILES string of the molecule is CCC1=CC(=O)NC2=CC(=NC(=O)c3sc(C)nc3C)C=CC12. The Bertz CT molecular complexity index is 812. The van der Waals surface area contributed by atoms with E-state index in [0.717, 1.165) is 22.7 Å². The Balaban J connectivity index is 1.89. The van der Waals surface area contributed by atoms with Crippen molar-refractivity contribution in [3.05, 3.63) is 51.2 Å². The predicted octanol–water partition coefficient (Wildman–Crippen LogP) is 2.88. The van der Waals surface area contributed by atoms with Crippen LogP contribution in [0.1, 0.15) is 33.7 Å². The standard InChI is InChI=1S/C17H17N3O2S/c1-4-11-7-15(21)20-14-8-12(5-6-13(11)14)19-17(22)16-9(2)18-10(3)23-16/h5-8,13H,4H2,1-3H3,(H,20,21). The number of carbonyl (C=O) groups is 2. The van der Waals surface area contributed by atoms with E-state index in [4.69, 9.17) is 0 Å². The van der Waals surface area contributed by atoms with E-state index in [-0.39, 0.29) is 17.7 Å². The molecule has 1 aromatic heterocycles. The van der Waals surface area contributed by atoms with E-state index in [1.54, 1.807) is 12.2 Å². The number of allylic oxidation sites excluding steroid dienone is 3. The van der Waals surface area contributed by atoms with Crippen LogP contribution in [0.3, 0.4) is 0 Å². The van der Waals surface area contributed by atoms with Crippen molar-refractivity contribution in [2.75, 3.05) is 0 Å². The van der Waals surface area contributed by atoms with Gasteiger partial charge in [0.25, 0.3) is 5.91 Å². The van der Waals surface area contributed by atoms with E-state index < -0.39 is 0 Å². The Kier molecular flexibility index (Phi) is 4.09. The summed E-state index contributed by atoms with van der Waals surface area (Å²) in [6, 6.07) is 0. The number of hydrogen-bond donors (Lipinski definition) is 1. The molecule has 3 rings (SSSR count). The summed E-state index contributed by atoms with van der Waals surface area (Å²) in [7, 11) is 0. The minimum Gasteiger partial charge on any atom is -0.325 e. The molecule has 0 radical (unpaired) electrons. The third kappa shape index (κ3) is 3.07. The number of carbonyl (C=O) groups excluding carboxylic acids is 2. The Morgan fingerprint density at radius 3 is 2.83 bits per heavy atom. The third-order valence-corrected chi connectivity index (χ3v) is 4.88. The van der Waals surface area contributed by atoms with E-state index in [2.05, 4.69) is 15.3 Å². The van der Waals surface area contributed by atoms with Gasteiger partial charge >= 0.3 is 0 Å². The zero-order valence-corrected chi connectivity index (χ0v) is 14.0. The molecule has 2 heterocycles. The van der Waals surface area contributed by atoms with Gasteiger partial charge in [-0.25, -0.2) is 9.98 Å². The number of hydrogen-bond acceptors (Lipinski definition) is 4. The first-order chi connectivity index (χ1) is 11.0. The smallest absolute Gasteiger partial charge is 0.289 e. The summed E-state index contributed by atoms with van der Waals surface area (Å²) in [5, 5.41) is 3.68. The van der Waals surface area contributed by atoms with Crippen molar-refractivity contribution in [2.45, 2.75) is 27.2 Å². The molecule has 118 valence electrons. The van der Waals surface area contributed by atoms with Gasteiger partial charge in [0.2, 0.25) is 5.91 Å². The lowest BCUT2D eigenvalue weighted by Gasteiger charge is -2.26. The molecule has 1 aliphatic heterocycles. The molecular weight excluding hydrogens is 310 g/mol. The van der Waals surface area contributed by atoms with Crippen LogP contribution < -0.4 is 5.32 Å². The van der Waals surface area contributed by atoms with Crippen LogP contribution in [0.15, 0.2) is 40.6 Å². The summed E-state index contributed by atoms with van der Waals surface area (Å²) in [6.07, 6.45) is 8.03. The van der Waals surface area contributed by atoms with Gasteiger partial charge in [-0.05, 0) is 32.4 Å². The first kappa shape index (κ1) is 15.6. The molecular formula is C17H17N3O2S. The second-order valence-corrected chi connectivity index (χ2v) is 6.69. The molecule has 1 unspecified atom stereocenters. The van der Waals surface area contributed by atoms with Crippen molar-refractivity contribution < 1.29 is 9.59 Å². The lowest BCUT2D eigenvalue weighted by Crippen LogP contribution is -2.33. The van der Waals surface area contributed by atoms with E-state index in [0.29, 0.717) is 16.3 Å². The molecule has 2 amide bonds. The molecule has 1 aliphatic carbocycles. The highest BCUT2D eigenvalue weighted by molar-refractivity contribution is 7.13. The lowest BCUT2D eigenvalue weighted by molar-refractivity contribution is -0.116. The quantitative estimate of drug-likeness (QED) is 0.908. The normalized spacial score (nSPS) is 21.6. The largest absolute Gasteiger partial charge is 0.325 e. The molecule has 0 saturated carbocycles. The molecule has 6 heteroatoms. The molecule has 5 nitrogen and oxygen atoms in total. The maximum Gasteiger partial charge on any atom is 0.289 e. The van der Waals surface area contributed by atoms with Crippen LogP contribution >= 0.6 is 11.3 Å². The highest BCUT2D eigenvalue weighted by Crippen LogP contribution is 2.29. The average Bonchev–Trinajstić information content (AvgIpc) is 2.84. The summed E-state index contributed by atoms with van der Waals surface area (Å²) in [5.74, 6) is -0.352. The summed E-state index contributed by atoms with van der Waals surface area (Å²) in [4.78, 5) is 33.0. The first-order valence-corrected chi connectivity index (χ1v) is 8.28. The minimum atomic E-state index is -0.295. The number of nitrogens with zero attached hydrogens (tertiary/aromatic N) is 2. The highest BCUT2D eigenvalue weighted by Gasteiger charge is 2.25. The number of aliphatic imine (C=N–C) groups is 1. The van der Waals surface area contributed by atoms with E-state index in [1.807, 2.05) is 32.9 Å². The Morgan fingerprint density at radius 2 is 2.17 bits per heavy atom. The van der Waals surface area contributed by atoms with Crippen LogP contribution in [0, 0.1) is 19.8 Å². The summed E-state index contributed by atoms with van der Waals surface area (Å²) >= 11 is 1.35. The zero-order valence-electron chi connectivity index (χ0n) is 13.2. The van der Waals surface area contributed by atoms with Crippen molar-refractivity contribution in [2.24, 2.45) is 10.9 Å². The monoisotopic (exact) mass is 327 g/mol. The first-order valence-electron chi connectivity index (χ1n) is 7.46. The number of nitrogens with one attached hydrogen (secondary N) is 1. The van der Waals surface area contributed by atoms with Gasteiger partial charge in [0, 0.05) is 17.7 Å². The van der Waals surface area contributed by atoms with Gasteiger partial charge < -0.3 is 5.32 Å². The van der Waals surface area contributed by atoms with E-state index in [9.17, 15) is 9.59 Å². The van der Waals surface area contributed by atoms with Gasteiger partial charge in [0.05, 0.1) is 16.4 Å². The number of rotatable bonds is 2. The van der Waals surface area contributed by atoms with Gasteiger partial charge in [0.15, 0.2) is 0 Å². The second-order valence-electron chi connectivity index (χ2n) is 5.49. The van der Waals surface area contributed by atoms with Crippen molar-refractivity contribution in [1.29, 1.82) is 0 Å². The highest BCUT2D eigenvalue weighted by atomic mass is 32.1. The number of aromatic nitrogens is 1. The molecule has 0 spiro atoms. The molecule has 0 bridgehead atoms. The summed E-state index contributed by atoms with van der Waals surface area (Å²) in [5.41, 5.74) is 3.09. The number of amides is 2. The number of fused-ring (bicyclic) bond motifs is 1. The minimum absolute atomic E-state index is 0.0686. The van der Waals surface area contributed by atoms with Crippen molar-refractivity contribution in [3.8, 4) is 0 Å². The van der Waals surface area contributed by atoms with Crippen LogP contribution in [0.2, 0.25) is 0 Å². The topological polar surface area (TPSA) is 71.4 Å². The molecule has 1 aromatic rings. The average molecular weight is 327 g/mol. The third-order valence-electron chi connectivity index (χ3n) is 3.82. The molecule has 0 aromatic carbocycles. The predicted molar refractivity (Wildman–Crippen MR) is 90.6 cm³/mol. The van der Waals surface area contributed by atoms with E-state index >= 15 is 0 Å². The molecule has 1 N–H and O–H groups in total. The summed E-state index contributed by atoms with van der Waals surface area (Å²) in [6.45, 7) is 5.70. The van der Waals surface area contributed by atoms with Gasteiger partial charge in [-0.2, -0.15) is 0 Å². The Morgan fingerprint density at radius 1 is 1.39 bits per heavy atom. The fourth-order valence-corrected chi connectivity index (χ4v) is 3.56. The Hall–Kier alpha value is -2.34. The number of thiazole rings is 1. The number of aryl methyl sites for hydroxylation is 2. The van der Waals surface area contributed by atoms with Crippen LogP contribution in [-0.2, 0) is 4.79 Å². The summed E-state index contributed by atoms with van der Waals surface area (Å²) < 4.78 is 0. The van der Waals surface area contributed by atoms with Gasteiger partial charge in [-0.3, -0.25) is 9.59 Å². The lowest BCUT2D eigenvalue weighted by atomic mass is 9.86. The maximum atomic E-state index is 12.3. The van der Waals surface area contributed by atoms with Gasteiger partial charge in [0.1, 0.15) is 4.88 Å². The van der Waals surface area contributed by atoms with Gasteiger partial charge in [-0.1, -0.05) is 18.6 Å². The maximum absolute atomic E-state index is 12.3. The van der Waals surface area contributed by atoms with Crippen LogP contribution in [0.25, 0.3) is 0 Å². The van der Waals surface area contributed by atoms with Gasteiger partial charge in [-0.15, -0.1) is 11.3 Å². The van der Waals surface area contributed by atoms with Crippen molar-refractivity contribution in [3.63, 3.8) is 0 Å². The molecule has 2 aliphatic rings. The van der Waals surface area contributed by atoms with Crippen LogP contribution in [0.4, 0.5) is 0 Å². The molecule has 23 heavy (non-hydrogen) atoms. The fraction of sp³-hybridized carbons (Fsp3) is 0.294. The van der Waals surface area contributed by atoms with E-state index in [1.165, 1.54) is 11.3 Å². The van der Waals surface area contributed by atoms with Crippen molar-refractivity contribution >= 4 is 28.9 Å². The van der Waals surface area contributed by atoms with Crippen molar-refractivity contribution in [1.82, 2.24) is 10.3 Å².